The Labute approximate surface area is 239 Å². The fourth-order valence-electron chi connectivity index (χ4n) is 6.32. The van der Waals surface area contributed by atoms with E-state index in [0.717, 1.165) is 46.9 Å². The van der Waals surface area contributed by atoms with Crippen LogP contribution in [0.2, 0.25) is 25.7 Å². The number of hydrogen-bond donors (Lipinski definition) is 0. The van der Waals surface area contributed by atoms with Gasteiger partial charge in [0.2, 0.25) is 0 Å². The van der Waals surface area contributed by atoms with Crippen molar-refractivity contribution in [3.05, 3.63) is 47.3 Å². The van der Waals surface area contributed by atoms with Gasteiger partial charge >= 0.3 is 15.6 Å². The van der Waals surface area contributed by atoms with Crippen molar-refractivity contribution in [2.24, 2.45) is 0 Å². The quantitative estimate of drug-likeness (QED) is 0.107. The topological polar surface area (TPSA) is 79.7 Å². The minimum absolute atomic E-state index is 0.321. The predicted molar refractivity (Wildman–Crippen MR) is 152 cm³/mol. The molecule has 3 aliphatic rings. The van der Waals surface area contributed by atoms with Gasteiger partial charge in [0.1, 0.15) is 18.3 Å². The van der Waals surface area contributed by atoms with Crippen molar-refractivity contribution in [1.29, 1.82) is 0 Å². The van der Waals surface area contributed by atoms with Crippen LogP contribution in [0.5, 0.6) is 5.75 Å². The Morgan fingerprint density at radius 1 is 1.02 bits per heavy atom. The second-order valence-corrected chi connectivity index (χ2v) is 19.7. The number of imidazole rings is 1. The Bertz CT molecular complexity index is 1580. The van der Waals surface area contributed by atoms with Gasteiger partial charge in [-0.05, 0) is 66.6 Å². The summed E-state index contributed by atoms with van der Waals surface area (Å²) in [4.78, 5) is 5.02. The van der Waals surface area contributed by atoms with Gasteiger partial charge in [-0.25, -0.2) is 4.98 Å². The summed E-state index contributed by atoms with van der Waals surface area (Å²) in [5.41, 5.74) is -0.970. The molecule has 2 bridgehead atoms. The van der Waals surface area contributed by atoms with E-state index in [1.54, 1.807) is 6.07 Å². The average molecular weight is 609 g/mol. The Balaban J connectivity index is 1.40. The maximum Gasteiger partial charge on any atom is 0.534 e. The lowest BCUT2D eigenvalue weighted by molar-refractivity contribution is -0.0500. The highest BCUT2D eigenvalue weighted by Crippen LogP contribution is 2.57. The third-order valence-electron chi connectivity index (χ3n) is 8.42. The zero-order valence-electron chi connectivity index (χ0n) is 23.5. The number of ether oxygens (including phenoxy) is 2. The smallest absolute Gasteiger partial charge is 0.376 e. The summed E-state index contributed by atoms with van der Waals surface area (Å²) >= 11 is 0. The average Bonchev–Trinajstić information content (AvgIpc) is 3.69. The molecule has 1 aromatic heterocycles. The summed E-state index contributed by atoms with van der Waals surface area (Å²) in [6, 6.07) is 9.99. The van der Waals surface area contributed by atoms with Gasteiger partial charge in [-0.2, -0.15) is 21.6 Å². The van der Waals surface area contributed by atoms with Gasteiger partial charge in [0.25, 0.3) is 0 Å². The van der Waals surface area contributed by atoms with Crippen LogP contribution in [0.3, 0.4) is 0 Å². The third kappa shape index (κ3) is 5.43. The SMILES string of the molecule is C[Si](C)(C)CCOCn1c(C2CCCC2)nc2ccc(-c3ccc(OS(=O)(=O)C(F)(F)F)c4c3C3CCC4O3)cc21. The molecule has 6 rings (SSSR count). The molecule has 222 valence electrons. The lowest BCUT2D eigenvalue weighted by atomic mass is 9.85. The van der Waals surface area contributed by atoms with E-state index in [2.05, 4.69) is 34.5 Å². The highest BCUT2D eigenvalue weighted by molar-refractivity contribution is 7.88. The molecule has 3 heterocycles. The molecular weight excluding hydrogens is 573 g/mol. The van der Waals surface area contributed by atoms with E-state index in [0.29, 0.717) is 43.2 Å². The normalized spacial score (nSPS) is 21.2. The third-order valence-corrected chi connectivity index (χ3v) is 11.1. The van der Waals surface area contributed by atoms with Gasteiger partial charge in [-0.15, -0.1) is 0 Å². The molecule has 0 radical (unpaired) electrons. The van der Waals surface area contributed by atoms with Crippen LogP contribution in [0.1, 0.15) is 73.6 Å². The fraction of sp³-hybridized carbons (Fsp3) is 0.552. The van der Waals surface area contributed by atoms with Crippen molar-refractivity contribution in [3.63, 3.8) is 0 Å². The van der Waals surface area contributed by atoms with Crippen LogP contribution in [0.4, 0.5) is 13.2 Å². The van der Waals surface area contributed by atoms with Crippen molar-refractivity contribution in [3.8, 4) is 16.9 Å². The Hall–Kier alpha value is -2.41. The van der Waals surface area contributed by atoms with E-state index in [4.69, 9.17) is 14.5 Å². The van der Waals surface area contributed by atoms with Crippen molar-refractivity contribution in [1.82, 2.24) is 9.55 Å². The molecule has 7 nitrogen and oxygen atoms in total. The highest BCUT2D eigenvalue weighted by atomic mass is 32.2. The monoisotopic (exact) mass is 608 g/mol. The van der Waals surface area contributed by atoms with Crippen LogP contribution in [-0.2, 0) is 26.3 Å². The van der Waals surface area contributed by atoms with Gasteiger partial charge in [0, 0.05) is 26.2 Å². The highest BCUT2D eigenvalue weighted by Gasteiger charge is 2.50. The fourth-order valence-corrected chi connectivity index (χ4v) is 7.55. The van der Waals surface area contributed by atoms with E-state index in [1.165, 1.54) is 18.9 Å². The summed E-state index contributed by atoms with van der Waals surface area (Å²) in [6.07, 6.45) is 5.03. The second kappa shape index (κ2) is 10.4. The zero-order chi connectivity index (χ0) is 29.2. The number of fused-ring (bicyclic) bond motifs is 6. The van der Waals surface area contributed by atoms with Gasteiger partial charge in [-0.3, -0.25) is 0 Å². The number of hydrogen-bond acceptors (Lipinski definition) is 6. The van der Waals surface area contributed by atoms with Gasteiger partial charge in [-0.1, -0.05) is 44.6 Å². The lowest BCUT2D eigenvalue weighted by Crippen LogP contribution is -2.28. The van der Waals surface area contributed by atoms with Crippen molar-refractivity contribution >= 4 is 29.2 Å². The molecule has 2 aliphatic heterocycles. The molecule has 2 fully saturated rings. The molecule has 3 aromatic rings. The first-order chi connectivity index (χ1) is 19.3. The molecule has 0 amide bonds. The first kappa shape index (κ1) is 28.7. The maximum atomic E-state index is 13.1. The molecule has 1 aliphatic carbocycles. The Kier molecular flexibility index (Phi) is 7.27. The number of benzene rings is 2. The zero-order valence-corrected chi connectivity index (χ0v) is 25.3. The van der Waals surface area contributed by atoms with Crippen molar-refractivity contribution in [2.75, 3.05) is 6.61 Å². The molecule has 12 heteroatoms. The van der Waals surface area contributed by atoms with Crippen LogP contribution in [0.25, 0.3) is 22.2 Å². The van der Waals surface area contributed by atoms with Gasteiger partial charge < -0.3 is 18.2 Å². The molecule has 2 unspecified atom stereocenters. The van der Waals surface area contributed by atoms with E-state index < -0.39 is 29.8 Å². The van der Waals surface area contributed by atoms with Crippen LogP contribution < -0.4 is 4.18 Å². The van der Waals surface area contributed by atoms with E-state index >= 15 is 0 Å². The minimum Gasteiger partial charge on any atom is -0.376 e. The van der Waals surface area contributed by atoms with Crippen molar-refractivity contribution < 1.29 is 35.2 Å². The minimum atomic E-state index is -5.81. The maximum absolute atomic E-state index is 13.1. The summed E-state index contributed by atoms with van der Waals surface area (Å²) in [5, 5.41) is 0. The first-order valence-corrected chi connectivity index (χ1v) is 19.4. The van der Waals surface area contributed by atoms with E-state index in [9.17, 15) is 21.6 Å². The number of aromatic nitrogens is 2. The molecule has 1 saturated heterocycles. The molecule has 41 heavy (non-hydrogen) atoms. The Morgan fingerprint density at radius 2 is 1.73 bits per heavy atom. The van der Waals surface area contributed by atoms with Gasteiger partial charge in [0.15, 0.2) is 0 Å². The summed E-state index contributed by atoms with van der Waals surface area (Å²) in [6.45, 7) is 8.06. The number of halogens is 3. The van der Waals surface area contributed by atoms with E-state index in [-0.39, 0.29) is 11.9 Å². The second-order valence-electron chi connectivity index (χ2n) is 12.5. The van der Waals surface area contributed by atoms with Crippen LogP contribution in [0, 0.1) is 0 Å². The van der Waals surface area contributed by atoms with E-state index in [1.807, 2.05) is 12.1 Å². The van der Waals surface area contributed by atoms with Crippen molar-refractivity contribution in [2.45, 2.75) is 94.6 Å². The number of rotatable bonds is 9. The summed E-state index contributed by atoms with van der Waals surface area (Å²) in [7, 11) is -7.05. The summed E-state index contributed by atoms with van der Waals surface area (Å²) < 4.78 is 82.0. The predicted octanol–water partition coefficient (Wildman–Crippen LogP) is 7.81. The molecule has 2 atom stereocenters. The molecule has 1 saturated carbocycles. The summed E-state index contributed by atoms with van der Waals surface area (Å²) in [5.74, 6) is 1.10. The van der Waals surface area contributed by atoms with Crippen LogP contribution >= 0.6 is 0 Å². The van der Waals surface area contributed by atoms with Gasteiger partial charge in [0.05, 0.1) is 23.2 Å². The van der Waals surface area contributed by atoms with Crippen LogP contribution in [0.15, 0.2) is 30.3 Å². The number of alkyl halides is 3. The Morgan fingerprint density at radius 3 is 2.41 bits per heavy atom. The molecular formula is C29H35F3N2O5SSi. The molecule has 2 aromatic carbocycles. The largest absolute Gasteiger partial charge is 0.534 e. The number of nitrogens with zero attached hydrogens (tertiary/aromatic N) is 2. The van der Waals surface area contributed by atoms with Crippen LogP contribution in [-0.4, -0.2) is 38.2 Å². The standard InChI is InChI=1S/C29H35F3N2O5SSi/c1-41(2,3)15-14-37-17-34-22-16-19(8-10-21(22)33-28(34)18-6-4-5-7-18)20-9-11-25(39-40(35,36)29(30,31)32)27-24-13-12-23(38-24)26(20)27/h8-11,16,18,23-24H,4-7,12-15,17H2,1-3H3. The molecule has 0 N–H and O–H groups in total. The molecule has 0 spiro atoms. The lowest BCUT2D eigenvalue weighted by Gasteiger charge is -2.20. The first-order valence-electron chi connectivity index (χ1n) is 14.2.